The number of nitrogens with two attached hydrogens (primary N) is 1. The van der Waals surface area contributed by atoms with Crippen LogP contribution in [0.15, 0.2) is 36.4 Å². The zero-order valence-corrected chi connectivity index (χ0v) is 11.1. The largest absolute Gasteiger partial charge is 0.328 e. The van der Waals surface area contributed by atoms with E-state index in [-0.39, 0.29) is 11.6 Å². The van der Waals surface area contributed by atoms with E-state index in [0.717, 1.165) is 12.0 Å². The van der Waals surface area contributed by atoms with Gasteiger partial charge >= 0.3 is 0 Å². The molecule has 2 rings (SSSR count). The predicted molar refractivity (Wildman–Crippen MR) is 73.9 cm³/mol. The molecule has 3 heteroatoms. The van der Waals surface area contributed by atoms with Crippen LogP contribution in [0.4, 0.5) is 8.78 Å². The summed E-state index contributed by atoms with van der Waals surface area (Å²) in [6, 6.07) is 10.7. The standard InChI is InChI=1S/C16H17F2N/c1-10-3-8-14(16(18)15(10)17)13-6-4-12(5-7-13)9-11(2)19/h3-8,11H,9,19H2,1-2H3. The summed E-state index contributed by atoms with van der Waals surface area (Å²) in [6.45, 7) is 3.48. The Morgan fingerprint density at radius 3 is 2.21 bits per heavy atom. The van der Waals surface area contributed by atoms with Gasteiger partial charge < -0.3 is 5.73 Å². The summed E-state index contributed by atoms with van der Waals surface area (Å²) in [4.78, 5) is 0. The second-order valence-electron chi connectivity index (χ2n) is 4.94. The van der Waals surface area contributed by atoms with Gasteiger partial charge in [0.25, 0.3) is 0 Å². The van der Waals surface area contributed by atoms with Crippen molar-refractivity contribution in [3.63, 3.8) is 0 Å². The van der Waals surface area contributed by atoms with Crippen molar-refractivity contribution in [1.82, 2.24) is 0 Å². The smallest absolute Gasteiger partial charge is 0.166 e. The number of halogens is 2. The van der Waals surface area contributed by atoms with Crippen LogP contribution in [0.2, 0.25) is 0 Å². The molecule has 0 fully saturated rings. The third-order valence-electron chi connectivity index (χ3n) is 3.10. The lowest BCUT2D eigenvalue weighted by Crippen LogP contribution is -2.17. The highest BCUT2D eigenvalue weighted by molar-refractivity contribution is 5.65. The van der Waals surface area contributed by atoms with Crippen molar-refractivity contribution in [3.05, 3.63) is 59.2 Å². The minimum Gasteiger partial charge on any atom is -0.328 e. The van der Waals surface area contributed by atoms with Gasteiger partial charge in [0.05, 0.1) is 0 Å². The van der Waals surface area contributed by atoms with Gasteiger partial charge in [-0.15, -0.1) is 0 Å². The lowest BCUT2D eigenvalue weighted by molar-refractivity contribution is 0.505. The van der Waals surface area contributed by atoms with Crippen molar-refractivity contribution in [2.24, 2.45) is 5.73 Å². The van der Waals surface area contributed by atoms with E-state index in [0.29, 0.717) is 11.1 Å². The average Bonchev–Trinajstić information content (AvgIpc) is 2.37. The summed E-state index contributed by atoms with van der Waals surface area (Å²) in [7, 11) is 0. The highest BCUT2D eigenvalue weighted by atomic mass is 19.2. The summed E-state index contributed by atoms with van der Waals surface area (Å²) in [6.07, 6.45) is 0.769. The van der Waals surface area contributed by atoms with Crippen molar-refractivity contribution in [2.45, 2.75) is 26.3 Å². The molecule has 1 atom stereocenters. The van der Waals surface area contributed by atoms with E-state index in [1.54, 1.807) is 31.2 Å². The van der Waals surface area contributed by atoms with Crippen molar-refractivity contribution in [1.29, 1.82) is 0 Å². The zero-order valence-electron chi connectivity index (χ0n) is 11.1. The molecular weight excluding hydrogens is 244 g/mol. The van der Waals surface area contributed by atoms with Crippen LogP contribution < -0.4 is 5.73 Å². The van der Waals surface area contributed by atoms with Crippen molar-refractivity contribution < 1.29 is 8.78 Å². The Morgan fingerprint density at radius 2 is 1.63 bits per heavy atom. The summed E-state index contributed by atoms with van der Waals surface area (Å²) in [5, 5.41) is 0. The lowest BCUT2D eigenvalue weighted by Gasteiger charge is -2.09. The van der Waals surface area contributed by atoms with E-state index in [9.17, 15) is 8.78 Å². The lowest BCUT2D eigenvalue weighted by atomic mass is 10.00. The molecule has 2 aromatic rings. The summed E-state index contributed by atoms with van der Waals surface area (Å²) in [5.41, 5.74) is 8.09. The highest BCUT2D eigenvalue weighted by Crippen LogP contribution is 2.26. The van der Waals surface area contributed by atoms with Crippen LogP contribution in [0.3, 0.4) is 0 Å². The third-order valence-corrected chi connectivity index (χ3v) is 3.10. The monoisotopic (exact) mass is 261 g/mol. The molecule has 1 unspecified atom stereocenters. The molecule has 0 aromatic heterocycles. The number of hydrogen-bond donors (Lipinski definition) is 1. The van der Waals surface area contributed by atoms with Crippen LogP contribution in [0.5, 0.6) is 0 Å². The molecule has 100 valence electrons. The Kier molecular flexibility index (Phi) is 3.96. The van der Waals surface area contributed by atoms with Gasteiger partial charge in [0.2, 0.25) is 0 Å². The second-order valence-corrected chi connectivity index (χ2v) is 4.94. The zero-order chi connectivity index (χ0) is 14.0. The Morgan fingerprint density at radius 1 is 1.00 bits per heavy atom. The first-order valence-electron chi connectivity index (χ1n) is 6.28. The molecule has 1 nitrogen and oxygen atoms in total. The summed E-state index contributed by atoms with van der Waals surface area (Å²) < 4.78 is 27.4. The first-order chi connectivity index (χ1) is 8.99. The average molecular weight is 261 g/mol. The van der Waals surface area contributed by atoms with Gasteiger partial charge in [0, 0.05) is 11.6 Å². The molecule has 19 heavy (non-hydrogen) atoms. The van der Waals surface area contributed by atoms with Gasteiger partial charge in [-0.25, -0.2) is 8.78 Å². The number of aryl methyl sites for hydroxylation is 1. The van der Waals surface area contributed by atoms with Crippen molar-refractivity contribution >= 4 is 0 Å². The molecule has 0 amide bonds. The number of hydrogen-bond acceptors (Lipinski definition) is 1. The van der Waals surface area contributed by atoms with Crippen LogP contribution in [0.25, 0.3) is 11.1 Å². The first-order valence-corrected chi connectivity index (χ1v) is 6.28. The minimum atomic E-state index is -0.792. The molecule has 0 aliphatic carbocycles. The van der Waals surface area contributed by atoms with Gasteiger partial charge in [-0.3, -0.25) is 0 Å². The van der Waals surface area contributed by atoms with Gasteiger partial charge in [0.15, 0.2) is 11.6 Å². The number of benzene rings is 2. The fourth-order valence-electron chi connectivity index (χ4n) is 2.06. The molecule has 0 heterocycles. The SMILES string of the molecule is Cc1ccc(-c2ccc(CC(C)N)cc2)c(F)c1F. The normalized spacial score (nSPS) is 12.5. The quantitative estimate of drug-likeness (QED) is 0.892. The minimum absolute atomic E-state index is 0.0828. The molecule has 2 aromatic carbocycles. The van der Waals surface area contributed by atoms with E-state index in [1.165, 1.54) is 0 Å². The van der Waals surface area contributed by atoms with E-state index in [1.807, 2.05) is 19.1 Å². The molecule has 0 bridgehead atoms. The maximum absolute atomic E-state index is 13.9. The third kappa shape index (κ3) is 2.99. The van der Waals surface area contributed by atoms with Crippen LogP contribution in [-0.4, -0.2) is 6.04 Å². The van der Waals surface area contributed by atoms with E-state index >= 15 is 0 Å². The predicted octanol–water partition coefficient (Wildman–Crippen LogP) is 3.83. The molecule has 0 saturated carbocycles. The molecule has 0 aliphatic rings. The van der Waals surface area contributed by atoms with Gasteiger partial charge in [-0.1, -0.05) is 36.4 Å². The van der Waals surface area contributed by atoms with E-state index in [4.69, 9.17) is 5.73 Å². The number of rotatable bonds is 3. The Labute approximate surface area is 112 Å². The first kappa shape index (κ1) is 13.7. The molecule has 0 spiro atoms. The highest BCUT2D eigenvalue weighted by Gasteiger charge is 2.12. The van der Waals surface area contributed by atoms with E-state index in [2.05, 4.69) is 0 Å². The summed E-state index contributed by atoms with van der Waals surface area (Å²) in [5.74, 6) is -1.57. The van der Waals surface area contributed by atoms with Crippen LogP contribution >= 0.6 is 0 Å². The van der Waals surface area contributed by atoms with Crippen LogP contribution in [0.1, 0.15) is 18.1 Å². The molecule has 0 aliphatic heterocycles. The van der Waals surface area contributed by atoms with Gasteiger partial charge in [0.1, 0.15) is 0 Å². The topological polar surface area (TPSA) is 26.0 Å². The molecular formula is C16H17F2N. The molecule has 0 radical (unpaired) electrons. The molecule has 2 N–H and O–H groups in total. The summed E-state index contributed by atoms with van der Waals surface area (Å²) >= 11 is 0. The van der Waals surface area contributed by atoms with Crippen molar-refractivity contribution in [3.8, 4) is 11.1 Å². The van der Waals surface area contributed by atoms with Crippen LogP contribution in [-0.2, 0) is 6.42 Å². The fraction of sp³-hybridized carbons (Fsp3) is 0.250. The fourth-order valence-corrected chi connectivity index (χ4v) is 2.06. The Bertz CT molecular complexity index is 574. The van der Waals surface area contributed by atoms with Gasteiger partial charge in [-0.2, -0.15) is 0 Å². The maximum Gasteiger partial charge on any atom is 0.166 e. The Balaban J connectivity index is 2.35. The van der Waals surface area contributed by atoms with Crippen LogP contribution in [0, 0.1) is 18.6 Å². The van der Waals surface area contributed by atoms with Crippen molar-refractivity contribution in [2.75, 3.05) is 0 Å². The maximum atomic E-state index is 13.9. The Hall–Kier alpha value is -1.74. The second kappa shape index (κ2) is 5.49. The molecule has 0 saturated heterocycles. The van der Waals surface area contributed by atoms with Gasteiger partial charge in [-0.05, 0) is 37.0 Å². The van der Waals surface area contributed by atoms with E-state index < -0.39 is 11.6 Å².